The van der Waals surface area contributed by atoms with E-state index in [1.54, 1.807) is 7.11 Å². The van der Waals surface area contributed by atoms with Crippen LogP contribution in [0.5, 0.6) is 5.75 Å². The van der Waals surface area contributed by atoms with E-state index in [2.05, 4.69) is 17.6 Å². The fourth-order valence-electron chi connectivity index (χ4n) is 2.98. The number of imidazole rings is 1. The van der Waals surface area contributed by atoms with Gasteiger partial charge >= 0.3 is 0 Å². The number of fused-ring (bicyclic) bond motifs is 1. The molecule has 114 valence electrons. The lowest BCUT2D eigenvalue weighted by molar-refractivity contribution is 0.415. The summed E-state index contributed by atoms with van der Waals surface area (Å²) in [5.74, 6) is 2.77. The van der Waals surface area contributed by atoms with E-state index >= 15 is 0 Å². The van der Waals surface area contributed by atoms with Crippen LogP contribution < -0.4 is 10.5 Å². The highest BCUT2D eigenvalue weighted by molar-refractivity contribution is 5.78. The lowest BCUT2D eigenvalue weighted by atomic mass is 10.0. The zero-order valence-corrected chi connectivity index (χ0v) is 13.0. The van der Waals surface area contributed by atoms with Crippen LogP contribution in [-0.2, 0) is 6.42 Å². The number of methoxy groups -OCH3 is 1. The molecule has 0 bridgehead atoms. The number of aryl methyl sites for hydroxylation is 1. The molecule has 0 radical (unpaired) electrons. The van der Waals surface area contributed by atoms with Crippen molar-refractivity contribution in [3.63, 3.8) is 0 Å². The highest BCUT2D eigenvalue weighted by Gasteiger charge is 2.28. The van der Waals surface area contributed by atoms with Gasteiger partial charge in [0.15, 0.2) is 0 Å². The van der Waals surface area contributed by atoms with Crippen molar-refractivity contribution in [2.45, 2.75) is 45.1 Å². The van der Waals surface area contributed by atoms with Gasteiger partial charge in [0.25, 0.3) is 0 Å². The van der Waals surface area contributed by atoms with Crippen molar-refractivity contribution in [1.82, 2.24) is 9.55 Å². The summed E-state index contributed by atoms with van der Waals surface area (Å²) in [6.07, 6.45) is 5.85. The minimum absolute atomic E-state index is 0.656. The van der Waals surface area contributed by atoms with E-state index in [1.807, 2.05) is 12.1 Å². The highest BCUT2D eigenvalue weighted by Crippen LogP contribution is 2.39. The number of benzene rings is 1. The van der Waals surface area contributed by atoms with Crippen LogP contribution in [0.4, 0.5) is 0 Å². The Morgan fingerprint density at radius 1 is 1.38 bits per heavy atom. The van der Waals surface area contributed by atoms with Crippen LogP contribution in [0.3, 0.4) is 0 Å². The molecule has 1 aliphatic carbocycles. The average Bonchev–Trinajstić information content (AvgIpc) is 3.25. The van der Waals surface area contributed by atoms with Gasteiger partial charge in [0, 0.05) is 18.5 Å². The lowest BCUT2D eigenvalue weighted by Crippen LogP contribution is -2.08. The van der Waals surface area contributed by atoms with Crippen molar-refractivity contribution in [1.29, 1.82) is 0 Å². The van der Waals surface area contributed by atoms with E-state index in [0.717, 1.165) is 37.1 Å². The normalized spacial score (nSPS) is 16.3. The second kappa shape index (κ2) is 6.06. The fourth-order valence-corrected chi connectivity index (χ4v) is 2.98. The van der Waals surface area contributed by atoms with Crippen LogP contribution in [0.2, 0.25) is 0 Å². The quantitative estimate of drug-likeness (QED) is 0.850. The second-order valence-corrected chi connectivity index (χ2v) is 6.21. The SMILES string of the molecule is COc1ccc2c(c1)nc(CCC(C)CCN)n2C1CC1. The van der Waals surface area contributed by atoms with E-state index < -0.39 is 0 Å². The maximum Gasteiger partial charge on any atom is 0.121 e. The van der Waals surface area contributed by atoms with Gasteiger partial charge in [0.05, 0.1) is 18.1 Å². The summed E-state index contributed by atoms with van der Waals surface area (Å²) in [7, 11) is 1.70. The Balaban J connectivity index is 1.87. The smallest absolute Gasteiger partial charge is 0.121 e. The average molecular weight is 287 g/mol. The Morgan fingerprint density at radius 2 is 2.19 bits per heavy atom. The van der Waals surface area contributed by atoms with Crippen LogP contribution in [0, 0.1) is 5.92 Å². The molecule has 0 aliphatic heterocycles. The predicted octanol–water partition coefficient (Wildman–Crippen LogP) is 3.30. The van der Waals surface area contributed by atoms with Gasteiger partial charge in [-0.05, 0) is 50.3 Å². The van der Waals surface area contributed by atoms with Crippen LogP contribution >= 0.6 is 0 Å². The predicted molar refractivity (Wildman–Crippen MR) is 85.7 cm³/mol. The monoisotopic (exact) mass is 287 g/mol. The largest absolute Gasteiger partial charge is 0.497 e. The first-order valence-electron chi connectivity index (χ1n) is 7.98. The fraction of sp³-hybridized carbons (Fsp3) is 0.588. The number of hydrogen-bond acceptors (Lipinski definition) is 3. The molecule has 1 fully saturated rings. The Kier molecular flexibility index (Phi) is 4.15. The summed E-state index contributed by atoms with van der Waals surface area (Å²) in [6, 6.07) is 6.88. The molecule has 0 saturated heterocycles. The van der Waals surface area contributed by atoms with E-state index in [0.29, 0.717) is 12.0 Å². The van der Waals surface area contributed by atoms with Gasteiger partial charge in [-0.15, -0.1) is 0 Å². The molecule has 2 N–H and O–H groups in total. The van der Waals surface area contributed by atoms with Crippen LogP contribution in [0.15, 0.2) is 18.2 Å². The molecule has 1 aromatic carbocycles. The van der Waals surface area contributed by atoms with Crippen molar-refractivity contribution < 1.29 is 4.74 Å². The van der Waals surface area contributed by atoms with E-state index in [4.69, 9.17) is 15.5 Å². The maximum absolute atomic E-state index is 5.65. The standard InChI is InChI=1S/C17H25N3O/c1-12(9-10-18)3-8-17-19-15-11-14(21-2)6-7-16(15)20(17)13-4-5-13/h6-7,11-13H,3-5,8-10,18H2,1-2H3. The lowest BCUT2D eigenvalue weighted by Gasteiger charge is -2.11. The second-order valence-electron chi connectivity index (χ2n) is 6.21. The third-order valence-corrected chi connectivity index (χ3v) is 4.40. The molecule has 0 amide bonds. The molecular weight excluding hydrogens is 262 g/mol. The summed E-state index contributed by atoms with van der Waals surface area (Å²) >= 11 is 0. The summed E-state index contributed by atoms with van der Waals surface area (Å²) < 4.78 is 7.76. The molecule has 0 spiro atoms. The third-order valence-electron chi connectivity index (χ3n) is 4.40. The molecule has 4 heteroatoms. The topological polar surface area (TPSA) is 53.1 Å². The van der Waals surface area contributed by atoms with E-state index in [9.17, 15) is 0 Å². The van der Waals surface area contributed by atoms with Crippen molar-refractivity contribution >= 4 is 11.0 Å². The molecule has 2 aromatic rings. The summed E-state index contributed by atoms with van der Waals surface area (Å²) in [6.45, 7) is 3.05. The number of nitrogens with zero attached hydrogens (tertiary/aromatic N) is 2. The number of aromatic nitrogens is 2. The van der Waals surface area contributed by atoms with E-state index in [1.165, 1.54) is 24.2 Å². The molecule has 1 atom stereocenters. The highest BCUT2D eigenvalue weighted by atomic mass is 16.5. The van der Waals surface area contributed by atoms with Crippen LogP contribution in [0.25, 0.3) is 11.0 Å². The number of rotatable bonds is 7. The Bertz CT molecular complexity index is 616. The molecule has 1 heterocycles. The molecule has 1 unspecified atom stereocenters. The molecule has 1 aliphatic rings. The first-order valence-corrected chi connectivity index (χ1v) is 7.98. The minimum Gasteiger partial charge on any atom is -0.497 e. The first kappa shape index (κ1) is 14.4. The minimum atomic E-state index is 0.656. The number of nitrogens with two attached hydrogens (primary N) is 1. The molecule has 21 heavy (non-hydrogen) atoms. The Hall–Kier alpha value is -1.55. The number of ether oxygens (including phenoxy) is 1. The summed E-state index contributed by atoms with van der Waals surface area (Å²) in [5.41, 5.74) is 7.95. The summed E-state index contributed by atoms with van der Waals surface area (Å²) in [4.78, 5) is 4.87. The van der Waals surface area contributed by atoms with Crippen LogP contribution in [0.1, 0.15) is 44.5 Å². The van der Waals surface area contributed by atoms with Gasteiger partial charge in [-0.2, -0.15) is 0 Å². The maximum atomic E-state index is 5.65. The van der Waals surface area contributed by atoms with Crippen molar-refractivity contribution in [3.05, 3.63) is 24.0 Å². The summed E-state index contributed by atoms with van der Waals surface area (Å²) in [5, 5.41) is 0. The molecule has 1 aromatic heterocycles. The van der Waals surface area contributed by atoms with Gasteiger partial charge in [-0.1, -0.05) is 6.92 Å². The number of hydrogen-bond donors (Lipinski definition) is 1. The van der Waals surface area contributed by atoms with Crippen LogP contribution in [-0.4, -0.2) is 23.2 Å². The van der Waals surface area contributed by atoms with Gasteiger partial charge in [0.2, 0.25) is 0 Å². The van der Waals surface area contributed by atoms with Gasteiger partial charge in [-0.25, -0.2) is 4.98 Å². The molecule has 4 nitrogen and oxygen atoms in total. The Labute approximate surface area is 126 Å². The third kappa shape index (κ3) is 3.05. The first-order chi connectivity index (χ1) is 10.2. The molecular formula is C17H25N3O. The van der Waals surface area contributed by atoms with Crippen molar-refractivity contribution in [3.8, 4) is 5.75 Å². The zero-order chi connectivity index (χ0) is 14.8. The van der Waals surface area contributed by atoms with Gasteiger partial charge in [-0.3, -0.25) is 0 Å². The zero-order valence-electron chi connectivity index (χ0n) is 13.0. The van der Waals surface area contributed by atoms with Crippen molar-refractivity contribution in [2.24, 2.45) is 11.7 Å². The molecule has 1 saturated carbocycles. The molecule has 3 rings (SSSR count). The van der Waals surface area contributed by atoms with E-state index in [-0.39, 0.29) is 0 Å². The van der Waals surface area contributed by atoms with Crippen molar-refractivity contribution in [2.75, 3.05) is 13.7 Å². The van der Waals surface area contributed by atoms with Gasteiger partial charge < -0.3 is 15.0 Å². The van der Waals surface area contributed by atoms with Gasteiger partial charge in [0.1, 0.15) is 11.6 Å². The Morgan fingerprint density at radius 3 is 2.86 bits per heavy atom.